The van der Waals surface area contributed by atoms with Gasteiger partial charge in [0.15, 0.2) is 0 Å². The summed E-state index contributed by atoms with van der Waals surface area (Å²) < 4.78 is 13.6. The van der Waals surface area contributed by atoms with E-state index in [9.17, 15) is 14.0 Å². The van der Waals surface area contributed by atoms with Crippen LogP contribution in [0.3, 0.4) is 0 Å². The summed E-state index contributed by atoms with van der Waals surface area (Å²) in [6.07, 6.45) is 5.82. The summed E-state index contributed by atoms with van der Waals surface area (Å²) in [7, 11) is 0. The molecule has 1 saturated carbocycles. The predicted octanol–water partition coefficient (Wildman–Crippen LogP) is 2.74. The molecule has 0 unspecified atom stereocenters. The van der Waals surface area contributed by atoms with Crippen LogP contribution in [0.15, 0.2) is 24.3 Å². The summed E-state index contributed by atoms with van der Waals surface area (Å²) in [6.45, 7) is 1.36. The van der Waals surface area contributed by atoms with Gasteiger partial charge in [-0.1, -0.05) is 25.0 Å². The molecule has 1 heterocycles. The molecule has 0 aromatic heterocycles. The average Bonchev–Trinajstić information content (AvgIpc) is 3.09. The van der Waals surface area contributed by atoms with Crippen LogP contribution in [0.25, 0.3) is 0 Å². The van der Waals surface area contributed by atoms with Gasteiger partial charge in [-0.3, -0.25) is 9.59 Å². The summed E-state index contributed by atoms with van der Waals surface area (Å²) in [4.78, 5) is 26.4. The van der Waals surface area contributed by atoms with Gasteiger partial charge < -0.3 is 10.2 Å². The van der Waals surface area contributed by atoms with Crippen molar-refractivity contribution in [3.8, 4) is 0 Å². The number of rotatable bonds is 3. The highest BCUT2D eigenvalue weighted by molar-refractivity contribution is 5.94. The van der Waals surface area contributed by atoms with E-state index >= 15 is 0 Å². The fourth-order valence-corrected chi connectivity index (χ4v) is 3.58. The van der Waals surface area contributed by atoms with E-state index in [0.717, 1.165) is 38.5 Å². The van der Waals surface area contributed by atoms with Crippen LogP contribution in [0.5, 0.6) is 0 Å². The number of halogens is 1. The third-order valence-corrected chi connectivity index (χ3v) is 4.96. The molecule has 4 nitrogen and oxygen atoms in total. The monoisotopic (exact) mass is 318 g/mol. The molecule has 0 atom stereocenters. The molecule has 5 heteroatoms. The standard InChI is InChI=1S/C18H23FN2O2/c19-16-8-4-3-7-15(16)17(22)20-14-9-11-21(12-10-14)18(23)13-5-1-2-6-13/h3-4,7-8,13-14H,1-2,5-6,9-12H2,(H,20,22). The summed E-state index contributed by atoms with van der Waals surface area (Å²) in [5, 5.41) is 2.89. The van der Waals surface area contributed by atoms with E-state index in [1.54, 1.807) is 12.1 Å². The number of piperidine rings is 1. The Kier molecular flexibility index (Phi) is 4.94. The number of hydrogen-bond acceptors (Lipinski definition) is 2. The Labute approximate surface area is 136 Å². The molecule has 1 aliphatic carbocycles. The fraction of sp³-hybridized carbons (Fsp3) is 0.556. The lowest BCUT2D eigenvalue weighted by Crippen LogP contribution is -2.47. The molecule has 0 radical (unpaired) electrons. The number of hydrogen-bond donors (Lipinski definition) is 1. The van der Waals surface area contributed by atoms with Crippen LogP contribution >= 0.6 is 0 Å². The van der Waals surface area contributed by atoms with Crippen molar-refractivity contribution < 1.29 is 14.0 Å². The Bertz CT molecular complexity index is 576. The first-order valence-electron chi connectivity index (χ1n) is 8.49. The Hall–Kier alpha value is -1.91. The van der Waals surface area contributed by atoms with Crippen molar-refractivity contribution in [3.05, 3.63) is 35.6 Å². The van der Waals surface area contributed by atoms with Crippen LogP contribution in [0.2, 0.25) is 0 Å². The molecule has 1 aromatic rings. The van der Waals surface area contributed by atoms with E-state index in [1.807, 2.05) is 4.90 Å². The van der Waals surface area contributed by atoms with Gasteiger partial charge in [0.25, 0.3) is 5.91 Å². The highest BCUT2D eigenvalue weighted by Gasteiger charge is 2.30. The van der Waals surface area contributed by atoms with E-state index in [2.05, 4.69) is 5.32 Å². The van der Waals surface area contributed by atoms with Crippen molar-refractivity contribution in [1.82, 2.24) is 10.2 Å². The summed E-state index contributed by atoms with van der Waals surface area (Å²) in [5.74, 6) is -0.386. The van der Waals surface area contributed by atoms with Crippen LogP contribution in [0, 0.1) is 11.7 Å². The molecular weight excluding hydrogens is 295 g/mol. The van der Waals surface area contributed by atoms with Crippen LogP contribution in [0.1, 0.15) is 48.9 Å². The van der Waals surface area contributed by atoms with Crippen molar-refractivity contribution >= 4 is 11.8 Å². The molecule has 2 amide bonds. The molecule has 1 N–H and O–H groups in total. The largest absolute Gasteiger partial charge is 0.349 e. The maximum atomic E-state index is 13.6. The van der Waals surface area contributed by atoms with Gasteiger partial charge in [-0.05, 0) is 37.8 Å². The molecule has 3 rings (SSSR count). The first-order chi connectivity index (χ1) is 11.1. The molecule has 0 bridgehead atoms. The fourth-order valence-electron chi connectivity index (χ4n) is 3.58. The molecule has 23 heavy (non-hydrogen) atoms. The van der Waals surface area contributed by atoms with E-state index < -0.39 is 5.82 Å². The lowest BCUT2D eigenvalue weighted by Gasteiger charge is -2.34. The topological polar surface area (TPSA) is 49.4 Å². The Balaban J connectivity index is 1.50. The van der Waals surface area contributed by atoms with Gasteiger partial charge >= 0.3 is 0 Å². The second kappa shape index (κ2) is 7.11. The second-order valence-electron chi connectivity index (χ2n) is 6.53. The highest BCUT2D eigenvalue weighted by Crippen LogP contribution is 2.27. The van der Waals surface area contributed by atoms with Gasteiger partial charge in [0.05, 0.1) is 5.56 Å². The Morgan fingerprint density at radius 2 is 1.70 bits per heavy atom. The molecule has 2 aliphatic rings. The van der Waals surface area contributed by atoms with Crippen molar-refractivity contribution in [2.75, 3.05) is 13.1 Å². The highest BCUT2D eigenvalue weighted by atomic mass is 19.1. The third-order valence-electron chi connectivity index (χ3n) is 4.96. The first kappa shape index (κ1) is 16.0. The van der Waals surface area contributed by atoms with Gasteiger partial charge in [-0.2, -0.15) is 0 Å². The first-order valence-corrected chi connectivity index (χ1v) is 8.49. The molecule has 124 valence electrons. The van der Waals surface area contributed by atoms with Crippen LogP contribution in [-0.4, -0.2) is 35.8 Å². The molecule has 1 aliphatic heterocycles. The summed E-state index contributed by atoms with van der Waals surface area (Å²) in [6, 6.07) is 6.01. The van der Waals surface area contributed by atoms with Crippen molar-refractivity contribution in [2.45, 2.75) is 44.6 Å². The normalized spacial score (nSPS) is 19.8. The third kappa shape index (κ3) is 3.71. The molecule has 1 aromatic carbocycles. The number of carbonyl (C=O) groups is 2. The van der Waals surface area contributed by atoms with Gasteiger partial charge in [0.1, 0.15) is 5.82 Å². The van der Waals surface area contributed by atoms with Gasteiger partial charge in [0, 0.05) is 25.0 Å². The zero-order valence-corrected chi connectivity index (χ0v) is 13.3. The minimum absolute atomic E-state index is 0.00901. The predicted molar refractivity (Wildman–Crippen MR) is 85.4 cm³/mol. The van der Waals surface area contributed by atoms with Crippen LogP contribution in [-0.2, 0) is 4.79 Å². The minimum Gasteiger partial charge on any atom is -0.349 e. The van der Waals surface area contributed by atoms with E-state index in [0.29, 0.717) is 13.1 Å². The lowest BCUT2D eigenvalue weighted by molar-refractivity contribution is -0.136. The molecule has 0 spiro atoms. The van der Waals surface area contributed by atoms with Gasteiger partial charge in [0.2, 0.25) is 5.91 Å². The molecule has 1 saturated heterocycles. The number of nitrogens with zero attached hydrogens (tertiary/aromatic N) is 1. The zero-order chi connectivity index (χ0) is 16.2. The number of benzene rings is 1. The van der Waals surface area contributed by atoms with Crippen LogP contribution in [0.4, 0.5) is 4.39 Å². The molecular formula is C18H23FN2O2. The van der Waals surface area contributed by atoms with Crippen molar-refractivity contribution in [1.29, 1.82) is 0 Å². The smallest absolute Gasteiger partial charge is 0.254 e. The van der Waals surface area contributed by atoms with E-state index in [1.165, 1.54) is 12.1 Å². The second-order valence-corrected chi connectivity index (χ2v) is 6.53. The number of amides is 2. The van der Waals surface area contributed by atoms with Crippen molar-refractivity contribution in [2.24, 2.45) is 5.92 Å². The molecule has 2 fully saturated rings. The summed E-state index contributed by atoms with van der Waals surface area (Å²) in [5.41, 5.74) is 0.0805. The van der Waals surface area contributed by atoms with E-state index in [-0.39, 0.29) is 29.3 Å². The Morgan fingerprint density at radius 3 is 2.35 bits per heavy atom. The number of carbonyl (C=O) groups excluding carboxylic acids is 2. The van der Waals surface area contributed by atoms with E-state index in [4.69, 9.17) is 0 Å². The van der Waals surface area contributed by atoms with Crippen molar-refractivity contribution in [3.63, 3.8) is 0 Å². The number of likely N-dealkylation sites (tertiary alicyclic amines) is 1. The minimum atomic E-state index is -0.501. The number of nitrogens with one attached hydrogen (secondary N) is 1. The lowest BCUT2D eigenvalue weighted by atomic mass is 10.0. The zero-order valence-electron chi connectivity index (χ0n) is 13.3. The quantitative estimate of drug-likeness (QED) is 0.931. The van der Waals surface area contributed by atoms with Crippen LogP contribution < -0.4 is 5.32 Å². The Morgan fingerprint density at radius 1 is 1.04 bits per heavy atom. The SMILES string of the molecule is O=C(NC1CCN(C(=O)C2CCCC2)CC1)c1ccccc1F. The maximum Gasteiger partial charge on any atom is 0.254 e. The van der Waals surface area contributed by atoms with Gasteiger partial charge in [-0.25, -0.2) is 4.39 Å². The van der Waals surface area contributed by atoms with Gasteiger partial charge in [-0.15, -0.1) is 0 Å². The maximum absolute atomic E-state index is 13.6. The summed E-state index contributed by atoms with van der Waals surface area (Å²) >= 11 is 0. The average molecular weight is 318 g/mol.